The minimum Gasteiger partial charge on any atom is -0.496 e. The van der Waals surface area contributed by atoms with Crippen molar-refractivity contribution in [2.45, 2.75) is 35.9 Å². The fraction of sp³-hybridized carbons (Fsp3) is 0.167. The highest BCUT2D eigenvalue weighted by Gasteiger charge is 2.26. The number of nitrogens with zero attached hydrogens (tertiary/aromatic N) is 4. The highest BCUT2D eigenvalue weighted by molar-refractivity contribution is 7.92. The van der Waals surface area contributed by atoms with Gasteiger partial charge in [-0.25, -0.2) is 31.4 Å². The molecule has 0 unspecified atom stereocenters. The number of methoxy groups -OCH3 is 1. The quantitative estimate of drug-likeness (QED) is 0.206. The van der Waals surface area contributed by atoms with E-state index < -0.39 is 48.4 Å². The summed E-state index contributed by atoms with van der Waals surface area (Å²) < 4.78 is 86.2. The largest absolute Gasteiger partial charge is 0.496 e. The van der Waals surface area contributed by atoms with Gasteiger partial charge in [-0.15, -0.1) is 5.10 Å². The number of carbonyl (C=O) groups excluding carboxylic acids is 2. The Morgan fingerprint density at radius 1 is 0.854 bits per heavy atom. The number of halogens is 2. The molecule has 250 valence electrons. The molecule has 5 aromatic rings. The van der Waals surface area contributed by atoms with Gasteiger partial charge in [-0.2, -0.15) is 13.4 Å². The molecule has 0 atom stereocenters. The average Bonchev–Trinajstić information content (AvgIpc) is 3.77. The number of nitrogens with one attached hydrogen (secondary N) is 3. The van der Waals surface area contributed by atoms with E-state index >= 15 is 0 Å². The first-order chi connectivity index (χ1) is 22.8. The number of amides is 2. The number of anilines is 1. The maximum atomic E-state index is 13.5. The summed E-state index contributed by atoms with van der Waals surface area (Å²) in [6.07, 6.45) is 3.41. The van der Waals surface area contributed by atoms with Crippen molar-refractivity contribution in [3.8, 4) is 5.75 Å². The van der Waals surface area contributed by atoms with E-state index in [1.807, 2.05) is 4.72 Å². The Labute approximate surface area is 273 Å². The second-order valence-electron chi connectivity index (χ2n) is 10.3. The molecule has 1 aliphatic rings. The Morgan fingerprint density at radius 3 is 2.17 bits per heavy atom. The topological polar surface area (TPSA) is 191 Å². The Balaban J connectivity index is 0.000000190. The fourth-order valence-corrected chi connectivity index (χ4v) is 6.00. The third-order valence-electron chi connectivity index (χ3n) is 6.68. The summed E-state index contributed by atoms with van der Waals surface area (Å²) in [5.74, 6) is -2.78. The van der Waals surface area contributed by atoms with Gasteiger partial charge in [-0.1, -0.05) is 18.2 Å². The van der Waals surface area contributed by atoms with Gasteiger partial charge in [0.2, 0.25) is 0 Å². The lowest BCUT2D eigenvalue weighted by Gasteiger charge is -2.10. The van der Waals surface area contributed by atoms with E-state index in [0.29, 0.717) is 11.3 Å². The third-order valence-corrected chi connectivity index (χ3v) is 9.16. The van der Waals surface area contributed by atoms with Crippen LogP contribution in [-0.2, 0) is 20.0 Å². The van der Waals surface area contributed by atoms with Crippen molar-refractivity contribution in [3.05, 3.63) is 107 Å². The van der Waals surface area contributed by atoms with Crippen LogP contribution >= 0.6 is 0 Å². The summed E-state index contributed by atoms with van der Waals surface area (Å²) in [7, 11) is -7.02. The Morgan fingerprint density at radius 2 is 1.52 bits per heavy atom. The van der Waals surface area contributed by atoms with Crippen molar-refractivity contribution in [2.75, 3.05) is 11.8 Å². The summed E-state index contributed by atoms with van der Waals surface area (Å²) in [5.41, 5.74) is 0.313. The summed E-state index contributed by atoms with van der Waals surface area (Å²) >= 11 is 0. The number of carbonyl (C=O) groups is 2. The third kappa shape index (κ3) is 7.89. The molecule has 3 N–H and O–H groups in total. The number of rotatable bonds is 9. The van der Waals surface area contributed by atoms with Crippen LogP contribution in [0.5, 0.6) is 5.75 Å². The second-order valence-corrected chi connectivity index (χ2v) is 13.6. The Hall–Kier alpha value is -5.49. The average molecular weight is 700 g/mol. The predicted octanol–water partition coefficient (Wildman–Crippen LogP) is 3.22. The van der Waals surface area contributed by atoms with Crippen LogP contribution in [0.4, 0.5) is 14.5 Å². The molecule has 1 aliphatic carbocycles. The molecule has 1 saturated carbocycles. The molecule has 18 heteroatoms. The SMILES string of the molecule is COc1ccccc1C(=O)NS(=O)(=O)c1ccc(C(=O)NC2CC2)cc1.Cc1ccn2nc(S(=O)(=O)Nc3c(F)cccc3F)nc2n1. The summed E-state index contributed by atoms with van der Waals surface area (Å²) in [5, 5.41) is 5.92. The van der Waals surface area contributed by atoms with Gasteiger partial charge in [-0.3, -0.25) is 14.3 Å². The van der Waals surface area contributed by atoms with Crippen LogP contribution in [-0.4, -0.2) is 61.4 Å². The maximum absolute atomic E-state index is 13.5. The van der Waals surface area contributed by atoms with Crippen molar-refractivity contribution in [1.82, 2.24) is 29.6 Å². The first kappa shape index (κ1) is 33.9. The number of ether oxygens (including phenoxy) is 1. The molecule has 14 nitrogen and oxygen atoms in total. The number of para-hydroxylation sites is 2. The predicted molar refractivity (Wildman–Crippen MR) is 167 cm³/mol. The minimum absolute atomic E-state index is 0.0642. The normalized spacial score (nSPS) is 12.8. The first-order valence-electron chi connectivity index (χ1n) is 14.1. The Kier molecular flexibility index (Phi) is 9.67. The zero-order valence-corrected chi connectivity index (χ0v) is 26.8. The zero-order valence-electron chi connectivity index (χ0n) is 25.2. The van der Waals surface area contributed by atoms with E-state index in [9.17, 15) is 35.2 Å². The molecule has 0 aliphatic heterocycles. The summed E-state index contributed by atoms with van der Waals surface area (Å²) in [4.78, 5) is 31.9. The second kappa shape index (κ2) is 13.7. The van der Waals surface area contributed by atoms with Crippen LogP contribution in [0.3, 0.4) is 0 Å². The minimum atomic E-state index is -4.35. The van der Waals surface area contributed by atoms with Crippen LogP contribution in [0.15, 0.2) is 89.0 Å². The number of aryl methyl sites for hydroxylation is 1. The molecule has 1 fully saturated rings. The first-order valence-corrected chi connectivity index (χ1v) is 17.0. The van der Waals surface area contributed by atoms with Crippen molar-refractivity contribution in [3.63, 3.8) is 0 Å². The van der Waals surface area contributed by atoms with E-state index in [2.05, 4.69) is 20.4 Å². The monoisotopic (exact) mass is 699 g/mol. The van der Waals surface area contributed by atoms with Crippen LogP contribution in [0, 0.1) is 18.6 Å². The van der Waals surface area contributed by atoms with Gasteiger partial charge >= 0.3 is 0 Å². The van der Waals surface area contributed by atoms with E-state index in [-0.39, 0.29) is 33.9 Å². The molecule has 2 heterocycles. The van der Waals surface area contributed by atoms with Gasteiger partial charge in [-0.05, 0) is 74.4 Å². The van der Waals surface area contributed by atoms with Gasteiger partial charge in [0.05, 0.1) is 17.6 Å². The van der Waals surface area contributed by atoms with Gasteiger partial charge in [0, 0.05) is 23.5 Å². The molecule has 2 amide bonds. The van der Waals surface area contributed by atoms with Gasteiger partial charge in [0.1, 0.15) is 23.1 Å². The summed E-state index contributed by atoms with van der Waals surface area (Å²) in [6.45, 7) is 1.70. The molecule has 3 aromatic carbocycles. The number of aromatic nitrogens is 4. The molecule has 0 saturated heterocycles. The van der Waals surface area contributed by atoms with Crippen LogP contribution in [0.2, 0.25) is 0 Å². The fourth-order valence-electron chi connectivity index (χ4n) is 4.08. The van der Waals surface area contributed by atoms with Crippen LogP contribution in [0.25, 0.3) is 5.78 Å². The molecule has 6 rings (SSSR count). The zero-order chi connectivity index (χ0) is 34.6. The molecular weight excluding hydrogens is 673 g/mol. The van der Waals surface area contributed by atoms with Gasteiger partial charge in [0.15, 0.2) is 0 Å². The molecule has 2 aromatic heterocycles. The summed E-state index contributed by atoms with van der Waals surface area (Å²) in [6, 6.07) is 16.5. The smallest absolute Gasteiger partial charge is 0.299 e. The van der Waals surface area contributed by atoms with Gasteiger partial charge < -0.3 is 10.1 Å². The number of fused-ring (bicyclic) bond motifs is 1. The van der Waals surface area contributed by atoms with Crippen LogP contribution < -0.4 is 19.5 Å². The number of hydrogen-bond donors (Lipinski definition) is 3. The highest BCUT2D eigenvalue weighted by atomic mass is 32.2. The van der Waals surface area contributed by atoms with Crippen molar-refractivity contribution < 1.29 is 39.9 Å². The Bertz CT molecular complexity index is 2210. The van der Waals surface area contributed by atoms with E-state index in [0.717, 1.165) is 35.6 Å². The number of benzene rings is 3. The van der Waals surface area contributed by atoms with Crippen molar-refractivity contribution in [2.24, 2.45) is 0 Å². The van der Waals surface area contributed by atoms with Crippen molar-refractivity contribution >= 4 is 43.3 Å². The van der Waals surface area contributed by atoms with E-state index in [1.54, 1.807) is 35.9 Å². The highest BCUT2D eigenvalue weighted by Crippen LogP contribution is 2.22. The molecule has 0 bridgehead atoms. The molecular formula is C30H27F2N7O7S2. The molecule has 0 spiro atoms. The number of hydrogen-bond acceptors (Lipinski definition) is 10. The molecule has 0 radical (unpaired) electrons. The standard InChI is InChI=1S/C18H18N2O5S.C12H9F2N5O2S/c1-25-16-5-3-2-4-15(16)18(22)20-26(23,24)14-10-6-12(7-11-14)17(21)19-13-8-9-13;1-7-5-6-19-11(15-7)16-12(17-19)22(20,21)18-10-8(13)3-2-4-9(10)14/h2-7,10-11,13H,8-9H2,1H3,(H,19,21)(H,20,22);2-6,18H,1H3. The van der Waals surface area contributed by atoms with E-state index in [1.165, 1.54) is 43.6 Å². The lowest BCUT2D eigenvalue weighted by Crippen LogP contribution is -2.31. The number of sulfonamides is 2. The van der Waals surface area contributed by atoms with E-state index in [4.69, 9.17) is 4.74 Å². The van der Waals surface area contributed by atoms with Gasteiger partial charge in [0.25, 0.3) is 42.8 Å². The lowest BCUT2D eigenvalue weighted by molar-refractivity contribution is 0.0948. The molecule has 48 heavy (non-hydrogen) atoms. The van der Waals surface area contributed by atoms with Crippen molar-refractivity contribution in [1.29, 1.82) is 0 Å². The lowest BCUT2D eigenvalue weighted by atomic mass is 10.2. The maximum Gasteiger partial charge on any atom is 0.299 e. The van der Waals surface area contributed by atoms with Crippen LogP contribution in [0.1, 0.15) is 39.3 Å².